The molecule has 1 aliphatic carbocycles. The van der Waals surface area contributed by atoms with E-state index in [1.165, 1.54) is 0 Å². The fourth-order valence-electron chi connectivity index (χ4n) is 3.63. The molecule has 0 unspecified atom stereocenters. The molecule has 0 spiro atoms. The first kappa shape index (κ1) is 24.7. The number of hydrogen-bond donors (Lipinski definition) is 4. The van der Waals surface area contributed by atoms with Gasteiger partial charge in [-0.25, -0.2) is 4.79 Å². The molecule has 10 nitrogen and oxygen atoms in total. The molecule has 0 saturated carbocycles. The van der Waals surface area contributed by atoms with Gasteiger partial charge in [0, 0.05) is 12.5 Å². The summed E-state index contributed by atoms with van der Waals surface area (Å²) in [6.07, 6.45) is -0.833. The Morgan fingerprint density at radius 2 is 1.38 bits per heavy atom. The van der Waals surface area contributed by atoms with Gasteiger partial charge in [0.2, 0.25) is 11.8 Å². The van der Waals surface area contributed by atoms with Crippen molar-refractivity contribution < 1.29 is 33.8 Å². The minimum absolute atomic E-state index is 0.0590. The van der Waals surface area contributed by atoms with Gasteiger partial charge in [-0.3, -0.25) is 14.4 Å². The number of benzene rings is 2. The molecule has 3 rings (SSSR count). The van der Waals surface area contributed by atoms with Gasteiger partial charge in [0.1, 0.15) is 13.2 Å². The normalized spacial score (nSPS) is 11.8. The summed E-state index contributed by atoms with van der Waals surface area (Å²) in [5, 5.41) is 15.8. The van der Waals surface area contributed by atoms with E-state index < -0.39 is 23.9 Å². The summed E-state index contributed by atoms with van der Waals surface area (Å²) in [6.45, 7) is -0.0485. The summed E-state index contributed by atoms with van der Waals surface area (Å²) in [7, 11) is 0. The number of carboxylic acid groups (broad SMARTS) is 1. The Bertz CT molecular complexity index is 995. The van der Waals surface area contributed by atoms with Gasteiger partial charge in [0.05, 0.1) is 26.2 Å². The second-order valence-electron chi connectivity index (χ2n) is 7.56. The Kier molecular flexibility index (Phi) is 8.98. The van der Waals surface area contributed by atoms with Crippen molar-refractivity contribution in [2.24, 2.45) is 0 Å². The molecule has 1 aliphatic rings. The van der Waals surface area contributed by atoms with Gasteiger partial charge in [-0.1, -0.05) is 48.5 Å². The van der Waals surface area contributed by atoms with E-state index in [1.807, 2.05) is 48.5 Å². The smallest absolute Gasteiger partial charge is 0.407 e. The SMILES string of the molecule is O=C(O)CCOCCNC(=O)CNC(=O)CNC(=O)OCC1c2ccccc2-c2ccccc21. The van der Waals surface area contributed by atoms with Crippen molar-refractivity contribution in [3.05, 3.63) is 59.7 Å². The van der Waals surface area contributed by atoms with Crippen LogP contribution in [-0.2, 0) is 23.9 Å². The molecule has 180 valence electrons. The van der Waals surface area contributed by atoms with E-state index in [4.69, 9.17) is 14.6 Å². The first-order valence-electron chi connectivity index (χ1n) is 10.9. The summed E-state index contributed by atoms with van der Waals surface area (Å²) >= 11 is 0. The topological polar surface area (TPSA) is 143 Å². The molecule has 0 atom stereocenters. The molecular weight excluding hydrogens is 442 g/mol. The molecular formula is C24H27N3O7. The van der Waals surface area contributed by atoms with Crippen LogP contribution in [0.15, 0.2) is 48.5 Å². The van der Waals surface area contributed by atoms with Gasteiger partial charge >= 0.3 is 12.1 Å². The molecule has 0 fully saturated rings. The Labute approximate surface area is 196 Å². The van der Waals surface area contributed by atoms with E-state index in [2.05, 4.69) is 16.0 Å². The maximum atomic E-state index is 12.1. The number of aliphatic carboxylic acids is 1. The lowest BCUT2D eigenvalue weighted by molar-refractivity contribution is -0.138. The lowest BCUT2D eigenvalue weighted by Gasteiger charge is -2.14. The van der Waals surface area contributed by atoms with Gasteiger partial charge in [-0.15, -0.1) is 0 Å². The van der Waals surface area contributed by atoms with Gasteiger partial charge in [0.15, 0.2) is 0 Å². The number of alkyl carbamates (subject to hydrolysis) is 1. The van der Waals surface area contributed by atoms with Crippen LogP contribution in [0.3, 0.4) is 0 Å². The number of hydrogen-bond acceptors (Lipinski definition) is 6. The first-order chi connectivity index (χ1) is 16.5. The third-order valence-corrected chi connectivity index (χ3v) is 5.21. The number of fused-ring (bicyclic) bond motifs is 3. The average molecular weight is 469 g/mol. The van der Waals surface area contributed by atoms with Crippen LogP contribution in [0.5, 0.6) is 0 Å². The lowest BCUT2D eigenvalue weighted by Crippen LogP contribution is -2.42. The molecule has 2 aromatic rings. The van der Waals surface area contributed by atoms with Crippen LogP contribution in [0, 0.1) is 0 Å². The maximum absolute atomic E-state index is 12.1. The van der Waals surface area contributed by atoms with E-state index in [1.54, 1.807) is 0 Å². The van der Waals surface area contributed by atoms with Crippen LogP contribution < -0.4 is 16.0 Å². The maximum Gasteiger partial charge on any atom is 0.407 e. The number of carbonyl (C=O) groups excluding carboxylic acids is 3. The fourth-order valence-corrected chi connectivity index (χ4v) is 3.63. The molecule has 0 heterocycles. The highest BCUT2D eigenvalue weighted by Gasteiger charge is 2.29. The van der Waals surface area contributed by atoms with Crippen molar-refractivity contribution in [2.75, 3.05) is 39.5 Å². The van der Waals surface area contributed by atoms with Crippen LogP contribution in [0.25, 0.3) is 11.1 Å². The van der Waals surface area contributed by atoms with Crippen molar-refractivity contribution in [3.63, 3.8) is 0 Å². The van der Waals surface area contributed by atoms with Crippen LogP contribution >= 0.6 is 0 Å². The zero-order valence-corrected chi connectivity index (χ0v) is 18.5. The van der Waals surface area contributed by atoms with Gasteiger partial charge in [0.25, 0.3) is 0 Å². The predicted molar refractivity (Wildman–Crippen MR) is 122 cm³/mol. The van der Waals surface area contributed by atoms with E-state index in [-0.39, 0.29) is 51.8 Å². The van der Waals surface area contributed by atoms with Crippen LogP contribution in [0.2, 0.25) is 0 Å². The third kappa shape index (κ3) is 7.04. The van der Waals surface area contributed by atoms with E-state index in [9.17, 15) is 19.2 Å². The van der Waals surface area contributed by atoms with Gasteiger partial charge < -0.3 is 30.5 Å². The second kappa shape index (κ2) is 12.4. The molecule has 0 radical (unpaired) electrons. The van der Waals surface area contributed by atoms with Gasteiger partial charge in [-0.05, 0) is 22.3 Å². The van der Waals surface area contributed by atoms with Crippen LogP contribution in [0.4, 0.5) is 4.79 Å². The van der Waals surface area contributed by atoms with E-state index in [0.717, 1.165) is 22.3 Å². The standard InChI is InChI=1S/C24H27N3O7/c28-21(25-10-12-33-11-9-23(30)31)13-26-22(29)14-27-24(32)34-15-20-18-7-3-1-5-16(18)17-6-2-4-8-19(17)20/h1-8,20H,9-15H2,(H,25,28)(H,26,29)(H,27,32)(H,30,31). The van der Waals surface area contributed by atoms with Crippen LogP contribution in [0.1, 0.15) is 23.5 Å². The average Bonchev–Trinajstić information content (AvgIpc) is 3.15. The van der Waals surface area contributed by atoms with Crippen molar-refractivity contribution in [2.45, 2.75) is 12.3 Å². The number of carbonyl (C=O) groups is 4. The quantitative estimate of drug-likeness (QED) is 0.343. The second-order valence-corrected chi connectivity index (χ2v) is 7.56. The van der Waals surface area contributed by atoms with Crippen molar-refractivity contribution in [3.8, 4) is 11.1 Å². The van der Waals surface area contributed by atoms with Crippen LogP contribution in [-0.4, -0.2) is 68.4 Å². The molecule has 0 bridgehead atoms. The number of carboxylic acids is 1. The molecule has 0 saturated heterocycles. The summed E-state index contributed by atoms with van der Waals surface area (Å²) in [6, 6.07) is 16.0. The van der Waals surface area contributed by atoms with Crippen molar-refractivity contribution in [1.82, 2.24) is 16.0 Å². The van der Waals surface area contributed by atoms with E-state index >= 15 is 0 Å². The highest BCUT2D eigenvalue weighted by atomic mass is 16.5. The monoisotopic (exact) mass is 469 g/mol. The highest BCUT2D eigenvalue weighted by Crippen LogP contribution is 2.44. The number of nitrogens with one attached hydrogen (secondary N) is 3. The summed E-state index contributed by atoms with van der Waals surface area (Å²) < 4.78 is 10.4. The minimum atomic E-state index is -0.960. The zero-order chi connectivity index (χ0) is 24.3. The largest absolute Gasteiger partial charge is 0.481 e. The molecule has 10 heteroatoms. The molecule has 2 aromatic carbocycles. The number of ether oxygens (including phenoxy) is 2. The Balaban J connectivity index is 1.32. The number of rotatable bonds is 12. The van der Waals surface area contributed by atoms with Crippen molar-refractivity contribution in [1.29, 1.82) is 0 Å². The summed E-state index contributed by atoms with van der Waals surface area (Å²) in [5.41, 5.74) is 4.42. The molecule has 34 heavy (non-hydrogen) atoms. The van der Waals surface area contributed by atoms with E-state index in [0.29, 0.717) is 0 Å². The number of amides is 3. The fraction of sp³-hybridized carbons (Fsp3) is 0.333. The van der Waals surface area contributed by atoms with Gasteiger partial charge in [-0.2, -0.15) is 0 Å². The Hall–Kier alpha value is -3.92. The summed E-state index contributed by atoms with van der Waals surface area (Å²) in [4.78, 5) is 46.0. The zero-order valence-electron chi connectivity index (χ0n) is 18.5. The minimum Gasteiger partial charge on any atom is -0.481 e. The molecule has 0 aromatic heterocycles. The highest BCUT2D eigenvalue weighted by molar-refractivity contribution is 5.87. The summed E-state index contributed by atoms with van der Waals surface area (Å²) in [5.74, 6) is -2.01. The molecule has 0 aliphatic heterocycles. The molecule has 4 N–H and O–H groups in total. The predicted octanol–water partition coefficient (Wildman–Crippen LogP) is 1.25. The third-order valence-electron chi connectivity index (χ3n) is 5.21. The Morgan fingerprint density at radius 1 is 0.794 bits per heavy atom. The Morgan fingerprint density at radius 3 is 2.03 bits per heavy atom. The first-order valence-corrected chi connectivity index (χ1v) is 10.9. The van der Waals surface area contributed by atoms with Crippen molar-refractivity contribution >= 4 is 23.9 Å². The molecule has 3 amide bonds. The lowest BCUT2D eigenvalue weighted by atomic mass is 9.98.